The fourth-order valence-electron chi connectivity index (χ4n) is 4.14. The van der Waals surface area contributed by atoms with Gasteiger partial charge in [-0.3, -0.25) is 9.78 Å². The van der Waals surface area contributed by atoms with Gasteiger partial charge in [0.15, 0.2) is 0 Å². The number of hydrogen-bond acceptors (Lipinski definition) is 7. The van der Waals surface area contributed by atoms with Gasteiger partial charge in [-0.25, -0.2) is 17.8 Å². The predicted octanol–water partition coefficient (Wildman–Crippen LogP) is 2.56. The minimum absolute atomic E-state index is 0.0234. The van der Waals surface area contributed by atoms with Crippen LogP contribution < -0.4 is 4.74 Å². The van der Waals surface area contributed by atoms with Crippen molar-refractivity contribution in [3.05, 3.63) is 83.6 Å². The number of amides is 1. The average molecular weight is 553 g/mol. The van der Waals surface area contributed by atoms with Crippen LogP contribution in [0.1, 0.15) is 35.3 Å². The maximum atomic E-state index is 14.3. The van der Waals surface area contributed by atoms with Gasteiger partial charge >= 0.3 is 0 Å². The zero-order valence-electron chi connectivity index (χ0n) is 21.8. The predicted molar refractivity (Wildman–Crippen MR) is 142 cm³/mol. The second-order valence-corrected chi connectivity index (χ2v) is 11.4. The molecule has 3 atom stereocenters. The number of halogens is 1. The molecule has 3 aromatic rings. The maximum Gasteiger partial charge on any atom is 0.259 e. The van der Waals surface area contributed by atoms with Gasteiger partial charge in [0.1, 0.15) is 22.4 Å². The molecule has 9 nitrogen and oxygen atoms in total. The quantitative estimate of drug-likeness (QED) is 0.468. The number of hydrogen-bond donors (Lipinski definition) is 1. The van der Waals surface area contributed by atoms with E-state index >= 15 is 0 Å². The molecule has 0 unspecified atom stereocenters. The Labute approximate surface area is 227 Å². The third-order valence-electron chi connectivity index (χ3n) is 6.50. The van der Waals surface area contributed by atoms with Gasteiger partial charge in [-0.15, -0.1) is 0 Å². The molecule has 0 saturated carbocycles. The SMILES string of the molecule is C[C@@H]1CN([C@H](C)CO)C(=O)c2cc(C#Cc3cccnc3)cnc2O[C@@H]1CN(C)S(=O)(=O)c1ccccc1F. The summed E-state index contributed by atoms with van der Waals surface area (Å²) in [6.07, 6.45) is 3.99. The first kappa shape index (κ1) is 28.2. The summed E-state index contributed by atoms with van der Waals surface area (Å²) in [4.78, 5) is 23.0. The molecule has 0 aliphatic carbocycles. The summed E-state index contributed by atoms with van der Waals surface area (Å²) in [7, 11) is -2.81. The fraction of sp³-hybridized carbons (Fsp3) is 0.321. The van der Waals surface area contributed by atoms with Crippen molar-refractivity contribution in [2.45, 2.75) is 30.9 Å². The van der Waals surface area contributed by atoms with Crippen LogP contribution in [-0.2, 0) is 10.0 Å². The summed E-state index contributed by atoms with van der Waals surface area (Å²) in [5, 5.41) is 9.84. The summed E-state index contributed by atoms with van der Waals surface area (Å²) >= 11 is 0. The van der Waals surface area contributed by atoms with Gasteiger partial charge in [0.05, 0.1) is 19.2 Å². The van der Waals surface area contributed by atoms with Crippen LogP contribution in [-0.4, -0.2) is 77.5 Å². The number of fused-ring (bicyclic) bond motifs is 1. The van der Waals surface area contributed by atoms with Gasteiger partial charge in [-0.05, 0) is 37.3 Å². The van der Waals surface area contributed by atoms with Gasteiger partial charge in [0.2, 0.25) is 15.9 Å². The second-order valence-electron chi connectivity index (χ2n) is 9.41. The number of nitrogens with zero attached hydrogens (tertiary/aromatic N) is 4. The smallest absolute Gasteiger partial charge is 0.259 e. The molecule has 0 fully saturated rings. The second kappa shape index (κ2) is 11.9. The summed E-state index contributed by atoms with van der Waals surface area (Å²) < 4.78 is 47.8. The zero-order chi connectivity index (χ0) is 28.2. The molecule has 1 aromatic carbocycles. The molecule has 1 aliphatic rings. The molecular weight excluding hydrogens is 523 g/mol. The van der Waals surface area contributed by atoms with Gasteiger partial charge in [0.25, 0.3) is 5.91 Å². The number of aliphatic hydroxyl groups excluding tert-OH is 1. The van der Waals surface area contributed by atoms with E-state index in [9.17, 15) is 22.7 Å². The van der Waals surface area contributed by atoms with Crippen molar-refractivity contribution in [3.63, 3.8) is 0 Å². The Kier molecular flexibility index (Phi) is 8.60. The van der Waals surface area contributed by atoms with Crippen molar-refractivity contribution in [2.24, 2.45) is 5.92 Å². The van der Waals surface area contributed by atoms with Crippen molar-refractivity contribution >= 4 is 15.9 Å². The van der Waals surface area contributed by atoms with E-state index in [1.165, 1.54) is 36.3 Å². The number of pyridine rings is 2. The summed E-state index contributed by atoms with van der Waals surface area (Å²) in [6.45, 7) is 3.32. The van der Waals surface area contributed by atoms with Gasteiger partial charge < -0.3 is 14.7 Å². The number of aromatic nitrogens is 2. The topological polar surface area (TPSA) is 113 Å². The molecule has 4 rings (SSSR count). The van der Waals surface area contributed by atoms with E-state index in [0.29, 0.717) is 11.1 Å². The number of carbonyl (C=O) groups is 1. The zero-order valence-corrected chi connectivity index (χ0v) is 22.6. The van der Waals surface area contributed by atoms with Crippen LogP contribution in [0.4, 0.5) is 4.39 Å². The maximum absolute atomic E-state index is 14.3. The molecule has 1 N–H and O–H groups in total. The minimum atomic E-state index is -4.16. The van der Waals surface area contributed by atoms with Crippen LogP contribution in [0, 0.1) is 23.6 Å². The number of ether oxygens (including phenoxy) is 1. The van der Waals surface area contributed by atoms with E-state index in [0.717, 1.165) is 10.4 Å². The molecule has 0 spiro atoms. The Morgan fingerprint density at radius 3 is 2.64 bits per heavy atom. The first-order valence-corrected chi connectivity index (χ1v) is 13.8. The van der Waals surface area contributed by atoms with E-state index in [-0.39, 0.29) is 43.0 Å². The molecule has 39 heavy (non-hydrogen) atoms. The first-order valence-electron chi connectivity index (χ1n) is 12.3. The van der Waals surface area contributed by atoms with Crippen molar-refractivity contribution < 1.29 is 27.4 Å². The molecule has 11 heteroatoms. The monoisotopic (exact) mass is 552 g/mol. The third kappa shape index (κ3) is 6.25. The summed E-state index contributed by atoms with van der Waals surface area (Å²) in [6, 6.07) is 9.78. The number of sulfonamides is 1. The Bertz CT molecular complexity index is 1510. The minimum Gasteiger partial charge on any atom is -0.472 e. The molecule has 1 amide bonds. The van der Waals surface area contributed by atoms with Crippen LogP contribution in [0.25, 0.3) is 0 Å². The molecule has 0 bridgehead atoms. The molecule has 3 heterocycles. The van der Waals surface area contributed by atoms with Crippen LogP contribution in [0.2, 0.25) is 0 Å². The van der Waals surface area contributed by atoms with E-state index in [2.05, 4.69) is 21.8 Å². The largest absolute Gasteiger partial charge is 0.472 e. The number of rotatable bonds is 6. The van der Waals surface area contributed by atoms with Crippen molar-refractivity contribution in [2.75, 3.05) is 26.7 Å². The highest BCUT2D eigenvalue weighted by Crippen LogP contribution is 2.28. The molecule has 0 radical (unpaired) electrons. The number of benzene rings is 1. The lowest BCUT2D eigenvalue weighted by Crippen LogP contribution is -2.50. The normalized spacial score (nSPS) is 18.3. The summed E-state index contributed by atoms with van der Waals surface area (Å²) in [5.74, 6) is 4.37. The molecule has 204 valence electrons. The van der Waals surface area contributed by atoms with Crippen molar-refractivity contribution in [3.8, 4) is 17.7 Å². The van der Waals surface area contributed by atoms with Crippen LogP contribution in [0.15, 0.2) is 66.0 Å². The Morgan fingerprint density at radius 1 is 1.21 bits per heavy atom. The van der Waals surface area contributed by atoms with Crippen LogP contribution in [0.5, 0.6) is 5.88 Å². The first-order chi connectivity index (χ1) is 18.6. The highest BCUT2D eigenvalue weighted by atomic mass is 32.2. The molecular formula is C28H29FN4O5S. The Morgan fingerprint density at radius 2 is 1.95 bits per heavy atom. The van der Waals surface area contributed by atoms with Gasteiger partial charge in [-0.2, -0.15) is 4.31 Å². The molecule has 0 saturated heterocycles. The third-order valence-corrected chi connectivity index (χ3v) is 8.35. The van der Waals surface area contributed by atoms with Crippen molar-refractivity contribution in [1.82, 2.24) is 19.2 Å². The van der Waals surface area contributed by atoms with E-state index in [1.54, 1.807) is 37.5 Å². The Balaban J connectivity index is 1.69. The highest BCUT2D eigenvalue weighted by molar-refractivity contribution is 7.89. The van der Waals surface area contributed by atoms with Gasteiger partial charge in [0, 0.05) is 49.2 Å². The van der Waals surface area contributed by atoms with Crippen molar-refractivity contribution in [1.29, 1.82) is 0 Å². The highest BCUT2D eigenvalue weighted by Gasteiger charge is 2.36. The number of aliphatic hydroxyl groups is 1. The lowest BCUT2D eigenvalue weighted by molar-refractivity contribution is 0.0373. The van der Waals surface area contributed by atoms with Crippen LogP contribution in [0.3, 0.4) is 0 Å². The van der Waals surface area contributed by atoms with Crippen LogP contribution >= 0.6 is 0 Å². The lowest BCUT2D eigenvalue weighted by Gasteiger charge is -2.37. The van der Waals surface area contributed by atoms with E-state index in [1.807, 2.05) is 6.92 Å². The fourth-order valence-corrected chi connectivity index (χ4v) is 5.39. The average Bonchev–Trinajstić information content (AvgIpc) is 2.94. The van der Waals surface area contributed by atoms with E-state index < -0.39 is 32.9 Å². The molecule has 1 aliphatic heterocycles. The Hall–Kier alpha value is -3.85. The summed E-state index contributed by atoms with van der Waals surface area (Å²) in [5.41, 5.74) is 1.30. The van der Waals surface area contributed by atoms with Gasteiger partial charge in [-0.1, -0.05) is 30.9 Å². The number of likely N-dealkylation sites (N-methyl/N-ethyl adjacent to an activating group) is 1. The van der Waals surface area contributed by atoms with E-state index in [4.69, 9.17) is 4.74 Å². The molecule has 2 aromatic heterocycles. The standard InChI is InChI=1S/C28H29FN4O5S/c1-19-16-33(20(2)18-34)28(35)23-13-22(11-10-21-7-6-12-30-14-21)15-31-27(23)38-25(19)17-32(3)39(36,37)26-9-5-4-8-24(26)29/h4-9,12-15,19-20,25,34H,16-18H2,1-3H3/t19-,20-,25-/m1/s1. The number of carbonyl (C=O) groups excluding carboxylic acids is 1. The lowest BCUT2D eigenvalue weighted by atomic mass is 10.0.